The van der Waals surface area contributed by atoms with Crippen LogP contribution in [0.25, 0.3) is 12.2 Å². The van der Waals surface area contributed by atoms with Crippen molar-refractivity contribution in [2.45, 2.75) is 6.92 Å². The van der Waals surface area contributed by atoms with Gasteiger partial charge in [0, 0.05) is 47.5 Å². The minimum atomic E-state index is -0.0385. The Morgan fingerprint density at radius 1 is 0.629 bits per heavy atom. The van der Waals surface area contributed by atoms with E-state index in [2.05, 4.69) is 11.8 Å². The molecule has 0 N–H and O–H groups in total. The smallest absolute Gasteiger partial charge is 0.187 e. The van der Waals surface area contributed by atoms with Gasteiger partial charge in [-0.2, -0.15) is 0 Å². The third kappa shape index (κ3) is 5.54. The highest BCUT2D eigenvalue weighted by Crippen LogP contribution is 2.38. The van der Waals surface area contributed by atoms with E-state index in [-0.39, 0.29) is 5.78 Å². The number of nitrogens with zero attached hydrogens (tertiary/aromatic N) is 1. The van der Waals surface area contributed by atoms with Crippen LogP contribution >= 0.6 is 0 Å². The number of carbonyl (C=O) groups excluding carboxylic acids is 1. The van der Waals surface area contributed by atoms with Crippen LogP contribution in [0, 0.1) is 0 Å². The summed E-state index contributed by atoms with van der Waals surface area (Å²) in [5.41, 5.74) is 2.76. The number of ether oxygens (including phenoxy) is 6. The highest BCUT2D eigenvalue weighted by molar-refractivity contribution is 6.15. The monoisotopic (exact) mass is 483 g/mol. The van der Waals surface area contributed by atoms with E-state index in [1.165, 1.54) is 0 Å². The van der Waals surface area contributed by atoms with Crippen LogP contribution in [-0.2, 0) is 4.79 Å². The summed E-state index contributed by atoms with van der Waals surface area (Å²) in [4.78, 5) is 15.8. The number of Topliss-reactive ketones (excluding diaryl/α,β-unsaturated/α-hetero) is 1. The van der Waals surface area contributed by atoms with Crippen LogP contribution < -0.4 is 28.4 Å². The minimum Gasteiger partial charge on any atom is -0.496 e. The standard InChI is InChI=1S/C27H33NO7/c1-8-28-15-19(9-17-11-23(32-4)25(34-6)13-21(17)30-2)27(29)20(16-28)10-18-12-24(33-5)26(35-7)14-22(18)31-3/h9-14H,8,15-16H2,1-7H3/b19-9+,20-10+. The van der Waals surface area contributed by atoms with E-state index >= 15 is 0 Å². The maximum atomic E-state index is 13.6. The fourth-order valence-corrected chi connectivity index (χ4v) is 4.04. The van der Waals surface area contributed by atoms with E-state index in [1.54, 1.807) is 54.8 Å². The number of hydrogen-bond donors (Lipinski definition) is 0. The SMILES string of the molecule is CCN1C/C(=C\c2cc(OC)c(OC)cc2OC)C(=O)/C(=C/c2cc(OC)c(OC)cc2OC)C1. The summed E-state index contributed by atoms with van der Waals surface area (Å²) in [6.45, 7) is 3.90. The molecule has 0 saturated carbocycles. The second kappa shape index (κ2) is 11.7. The summed E-state index contributed by atoms with van der Waals surface area (Å²) in [5.74, 6) is 3.36. The van der Waals surface area contributed by atoms with Crippen LogP contribution in [0.2, 0.25) is 0 Å². The molecule has 0 bridgehead atoms. The third-order valence-corrected chi connectivity index (χ3v) is 5.95. The summed E-state index contributed by atoms with van der Waals surface area (Å²) in [6, 6.07) is 7.12. The first-order valence-corrected chi connectivity index (χ1v) is 11.2. The molecule has 188 valence electrons. The number of carbonyl (C=O) groups is 1. The number of piperidine rings is 1. The lowest BCUT2D eigenvalue weighted by Crippen LogP contribution is -2.37. The van der Waals surface area contributed by atoms with Crippen LogP contribution in [0.3, 0.4) is 0 Å². The molecule has 1 saturated heterocycles. The highest BCUT2D eigenvalue weighted by Gasteiger charge is 2.26. The molecule has 0 aromatic heterocycles. The Labute approximate surface area is 206 Å². The van der Waals surface area contributed by atoms with E-state index in [9.17, 15) is 4.79 Å². The summed E-state index contributed by atoms with van der Waals surface area (Å²) < 4.78 is 32.8. The first-order chi connectivity index (χ1) is 16.9. The zero-order chi connectivity index (χ0) is 25.5. The number of ketones is 1. The van der Waals surface area contributed by atoms with E-state index in [0.29, 0.717) is 58.7 Å². The van der Waals surface area contributed by atoms with Crippen molar-refractivity contribution in [1.82, 2.24) is 4.90 Å². The zero-order valence-corrected chi connectivity index (χ0v) is 21.4. The van der Waals surface area contributed by atoms with Gasteiger partial charge in [0.05, 0.1) is 42.7 Å². The molecule has 1 aliphatic heterocycles. The molecule has 0 aliphatic carbocycles. The summed E-state index contributed by atoms with van der Waals surface area (Å²) in [7, 11) is 9.45. The normalized spacial score (nSPS) is 16.4. The molecule has 0 spiro atoms. The lowest BCUT2D eigenvalue weighted by molar-refractivity contribution is -0.113. The molecule has 0 unspecified atom stereocenters. The van der Waals surface area contributed by atoms with Crippen molar-refractivity contribution in [3.63, 3.8) is 0 Å². The van der Waals surface area contributed by atoms with Crippen molar-refractivity contribution in [2.75, 3.05) is 62.3 Å². The average molecular weight is 484 g/mol. The van der Waals surface area contributed by atoms with E-state index in [4.69, 9.17) is 28.4 Å². The first-order valence-electron chi connectivity index (χ1n) is 11.2. The van der Waals surface area contributed by atoms with Gasteiger partial charge in [0.1, 0.15) is 11.5 Å². The highest BCUT2D eigenvalue weighted by atomic mass is 16.5. The van der Waals surface area contributed by atoms with E-state index in [0.717, 1.165) is 17.7 Å². The summed E-state index contributed by atoms with van der Waals surface area (Å²) in [5, 5.41) is 0. The molecule has 3 rings (SSSR count). The molecule has 1 aliphatic rings. The molecule has 0 amide bonds. The molecule has 8 heteroatoms. The third-order valence-electron chi connectivity index (χ3n) is 5.95. The van der Waals surface area contributed by atoms with Gasteiger partial charge < -0.3 is 28.4 Å². The zero-order valence-electron chi connectivity index (χ0n) is 21.4. The Kier molecular flexibility index (Phi) is 8.65. The molecule has 0 radical (unpaired) electrons. The molecule has 1 fully saturated rings. The molecule has 35 heavy (non-hydrogen) atoms. The predicted octanol–water partition coefficient (Wildman–Crippen LogP) is 4.11. The number of likely N-dealkylation sites (N-methyl/N-ethyl adjacent to an activating group) is 1. The van der Waals surface area contributed by atoms with Crippen LogP contribution in [0.1, 0.15) is 18.1 Å². The number of rotatable bonds is 9. The number of hydrogen-bond acceptors (Lipinski definition) is 8. The van der Waals surface area contributed by atoms with Crippen molar-refractivity contribution < 1.29 is 33.2 Å². The molecule has 1 heterocycles. The van der Waals surface area contributed by atoms with Gasteiger partial charge >= 0.3 is 0 Å². The number of likely N-dealkylation sites (tertiary alicyclic amines) is 1. The van der Waals surface area contributed by atoms with E-state index < -0.39 is 0 Å². The molecular weight excluding hydrogens is 450 g/mol. The fourth-order valence-electron chi connectivity index (χ4n) is 4.04. The summed E-state index contributed by atoms with van der Waals surface area (Å²) >= 11 is 0. The van der Waals surface area contributed by atoms with Gasteiger partial charge in [0.15, 0.2) is 28.8 Å². The van der Waals surface area contributed by atoms with Gasteiger partial charge in [-0.3, -0.25) is 9.69 Å². The Hall–Kier alpha value is -3.65. The Bertz CT molecular complexity index is 1050. The minimum absolute atomic E-state index is 0.0385. The second-order valence-corrected chi connectivity index (χ2v) is 7.87. The largest absolute Gasteiger partial charge is 0.496 e. The van der Waals surface area contributed by atoms with Crippen molar-refractivity contribution >= 4 is 17.9 Å². The number of benzene rings is 2. The van der Waals surface area contributed by atoms with E-state index in [1.807, 2.05) is 24.3 Å². The van der Waals surface area contributed by atoms with Crippen LogP contribution in [0.15, 0.2) is 35.4 Å². The van der Waals surface area contributed by atoms with Gasteiger partial charge in [0.2, 0.25) is 0 Å². The van der Waals surface area contributed by atoms with Crippen LogP contribution in [0.5, 0.6) is 34.5 Å². The van der Waals surface area contributed by atoms with Gasteiger partial charge in [-0.25, -0.2) is 0 Å². The van der Waals surface area contributed by atoms with Gasteiger partial charge in [-0.15, -0.1) is 0 Å². The second-order valence-electron chi connectivity index (χ2n) is 7.87. The maximum absolute atomic E-state index is 13.6. The van der Waals surface area contributed by atoms with Crippen molar-refractivity contribution in [1.29, 1.82) is 0 Å². The van der Waals surface area contributed by atoms with Crippen LogP contribution in [0.4, 0.5) is 0 Å². The maximum Gasteiger partial charge on any atom is 0.187 e. The molecule has 2 aromatic rings. The van der Waals surface area contributed by atoms with Gasteiger partial charge in [0.25, 0.3) is 0 Å². The molecule has 0 atom stereocenters. The molecule has 8 nitrogen and oxygen atoms in total. The van der Waals surface area contributed by atoms with Gasteiger partial charge in [-0.05, 0) is 30.8 Å². The summed E-state index contributed by atoms with van der Waals surface area (Å²) in [6.07, 6.45) is 3.70. The van der Waals surface area contributed by atoms with Crippen molar-refractivity contribution in [3.8, 4) is 34.5 Å². The Morgan fingerprint density at radius 2 is 0.971 bits per heavy atom. The first kappa shape index (κ1) is 26.0. The lowest BCUT2D eigenvalue weighted by Gasteiger charge is -2.29. The Morgan fingerprint density at radius 3 is 1.29 bits per heavy atom. The van der Waals surface area contributed by atoms with Gasteiger partial charge in [-0.1, -0.05) is 6.92 Å². The molecule has 2 aromatic carbocycles. The Balaban J connectivity index is 2.10. The number of methoxy groups -OCH3 is 6. The quantitative estimate of drug-likeness (QED) is 0.494. The fraction of sp³-hybridized carbons (Fsp3) is 0.370. The predicted molar refractivity (Wildman–Crippen MR) is 135 cm³/mol. The topological polar surface area (TPSA) is 75.7 Å². The average Bonchev–Trinajstić information content (AvgIpc) is 2.89. The van der Waals surface area contributed by atoms with Crippen LogP contribution in [-0.4, -0.2) is 73.0 Å². The lowest BCUT2D eigenvalue weighted by atomic mass is 9.93. The van der Waals surface area contributed by atoms with Crippen molar-refractivity contribution in [2.24, 2.45) is 0 Å². The molecular formula is C27H33NO7. The van der Waals surface area contributed by atoms with Crippen molar-refractivity contribution in [3.05, 3.63) is 46.5 Å².